The van der Waals surface area contributed by atoms with Gasteiger partial charge in [0.15, 0.2) is 11.5 Å². The van der Waals surface area contributed by atoms with Crippen molar-refractivity contribution in [2.45, 2.75) is 45.3 Å². The fourth-order valence-corrected chi connectivity index (χ4v) is 4.20. The van der Waals surface area contributed by atoms with E-state index in [-0.39, 0.29) is 17.4 Å². The lowest BCUT2D eigenvalue weighted by Crippen LogP contribution is -2.38. The lowest BCUT2D eigenvalue weighted by molar-refractivity contribution is -0.133. The molecule has 0 aliphatic carbocycles. The SMILES string of the molecule is COc1ccc([C@@H]2CN(C(=O)CO)C[C@@]2(C)[C@@H](C)O)cc1OSCC(C)(C)OC. The summed E-state index contributed by atoms with van der Waals surface area (Å²) >= 11 is 1.28. The minimum absolute atomic E-state index is 0.105. The smallest absolute Gasteiger partial charge is 0.248 e. The van der Waals surface area contributed by atoms with E-state index in [1.807, 2.05) is 39.0 Å². The van der Waals surface area contributed by atoms with E-state index in [0.717, 1.165) is 5.56 Å². The number of likely N-dealkylation sites (tertiary alicyclic amines) is 1. The Hall–Kier alpha value is -1.48. The number of carbonyl (C=O) groups excluding carboxylic acids is 1. The van der Waals surface area contributed by atoms with E-state index in [2.05, 4.69) is 0 Å². The Balaban J connectivity index is 2.29. The standard InChI is InChI=1S/C21H33NO6S/c1-14(24)21(4)12-22(19(25)11-23)10-16(21)15-7-8-17(26-5)18(9-15)28-29-13-20(2,3)27-6/h7-9,14,16,23-24H,10-13H2,1-6H3/t14-,16+,21+/m1/s1. The van der Waals surface area contributed by atoms with Crippen molar-refractivity contribution in [3.05, 3.63) is 23.8 Å². The van der Waals surface area contributed by atoms with Crippen LogP contribution in [0, 0.1) is 5.41 Å². The van der Waals surface area contributed by atoms with Crippen LogP contribution in [-0.4, -0.2) is 72.4 Å². The number of benzene rings is 1. The van der Waals surface area contributed by atoms with Gasteiger partial charge in [0.2, 0.25) is 5.91 Å². The van der Waals surface area contributed by atoms with Gasteiger partial charge in [0.25, 0.3) is 0 Å². The van der Waals surface area contributed by atoms with Crippen LogP contribution in [0.2, 0.25) is 0 Å². The maximum absolute atomic E-state index is 12.1. The molecule has 1 aromatic carbocycles. The molecule has 2 N–H and O–H groups in total. The van der Waals surface area contributed by atoms with E-state index in [0.29, 0.717) is 30.3 Å². The Labute approximate surface area is 177 Å². The van der Waals surface area contributed by atoms with Crippen molar-refractivity contribution in [1.82, 2.24) is 4.90 Å². The molecule has 1 aromatic rings. The monoisotopic (exact) mass is 427 g/mol. The summed E-state index contributed by atoms with van der Waals surface area (Å²) in [5, 5.41) is 19.7. The van der Waals surface area contributed by atoms with Crippen LogP contribution in [0.5, 0.6) is 11.5 Å². The molecule has 1 amide bonds. The van der Waals surface area contributed by atoms with Crippen molar-refractivity contribution in [2.75, 3.05) is 39.7 Å². The highest BCUT2D eigenvalue weighted by molar-refractivity contribution is 7.95. The summed E-state index contributed by atoms with van der Waals surface area (Å²) in [4.78, 5) is 13.7. The first-order valence-electron chi connectivity index (χ1n) is 9.67. The Morgan fingerprint density at radius 1 is 1.38 bits per heavy atom. The summed E-state index contributed by atoms with van der Waals surface area (Å²) in [6.45, 7) is 7.94. The van der Waals surface area contributed by atoms with Crippen LogP contribution in [0.25, 0.3) is 0 Å². The minimum atomic E-state index is -0.632. The van der Waals surface area contributed by atoms with E-state index in [1.165, 1.54) is 12.0 Å². The average Bonchev–Trinajstić information content (AvgIpc) is 3.06. The molecule has 0 radical (unpaired) electrons. The van der Waals surface area contributed by atoms with Crippen molar-refractivity contribution in [2.24, 2.45) is 5.41 Å². The lowest BCUT2D eigenvalue weighted by atomic mass is 9.72. The molecule has 0 spiro atoms. The molecule has 1 saturated heterocycles. The summed E-state index contributed by atoms with van der Waals surface area (Å²) in [6.07, 6.45) is -0.632. The second kappa shape index (κ2) is 9.55. The lowest BCUT2D eigenvalue weighted by Gasteiger charge is -2.33. The number of hydrogen-bond acceptors (Lipinski definition) is 7. The number of ether oxygens (including phenoxy) is 2. The molecule has 2 rings (SSSR count). The highest BCUT2D eigenvalue weighted by Crippen LogP contribution is 2.47. The first-order chi connectivity index (χ1) is 13.6. The van der Waals surface area contributed by atoms with Crippen LogP contribution in [0.15, 0.2) is 18.2 Å². The Morgan fingerprint density at radius 2 is 2.07 bits per heavy atom. The van der Waals surface area contributed by atoms with Crippen LogP contribution < -0.4 is 8.92 Å². The van der Waals surface area contributed by atoms with Gasteiger partial charge >= 0.3 is 0 Å². The zero-order chi connectivity index (χ0) is 21.8. The highest BCUT2D eigenvalue weighted by atomic mass is 32.2. The van der Waals surface area contributed by atoms with Crippen LogP contribution in [0.3, 0.4) is 0 Å². The number of methoxy groups -OCH3 is 2. The summed E-state index contributed by atoms with van der Waals surface area (Å²) < 4.78 is 16.8. The number of aliphatic hydroxyl groups is 2. The first-order valence-corrected chi connectivity index (χ1v) is 10.6. The van der Waals surface area contributed by atoms with Gasteiger partial charge in [0, 0.05) is 31.5 Å². The Morgan fingerprint density at radius 3 is 2.62 bits per heavy atom. The molecule has 0 unspecified atom stereocenters. The van der Waals surface area contributed by atoms with Crippen molar-refractivity contribution >= 4 is 17.9 Å². The fraction of sp³-hybridized carbons (Fsp3) is 0.667. The highest BCUT2D eigenvalue weighted by Gasteiger charge is 2.48. The number of carbonyl (C=O) groups is 1. The maximum Gasteiger partial charge on any atom is 0.248 e. The maximum atomic E-state index is 12.1. The van der Waals surface area contributed by atoms with E-state index >= 15 is 0 Å². The van der Waals surface area contributed by atoms with Crippen molar-refractivity contribution < 1.29 is 28.7 Å². The van der Waals surface area contributed by atoms with Gasteiger partial charge in [-0.15, -0.1) is 0 Å². The normalized spacial score (nSPS) is 23.2. The van der Waals surface area contributed by atoms with Gasteiger partial charge in [-0.2, -0.15) is 0 Å². The van der Waals surface area contributed by atoms with Crippen LogP contribution >= 0.6 is 12.0 Å². The van der Waals surface area contributed by atoms with Gasteiger partial charge in [0.1, 0.15) is 6.61 Å². The number of amides is 1. The molecule has 1 aliphatic heterocycles. The third kappa shape index (κ3) is 5.36. The molecular weight excluding hydrogens is 394 g/mol. The van der Waals surface area contributed by atoms with Gasteiger partial charge < -0.3 is 28.8 Å². The van der Waals surface area contributed by atoms with Gasteiger partial charge in [-0.1, -0.05) is 13.0 Å². The number of aliphatic hydroxyl groups excluding tert-OH is 2. The molecule has 1 heterocycles. The van der Waals surface area contributed by atoms with Gasteiger partial charge in [-0.25, -0.2) is 0 Å². The molecule has 1 aliphatic rings. The first kappa shape index (κ1) is 23.8. The third-order valence-electron chi connectivity index (χ3n) is 5.87. The second-order valence-electron chi connectivity index (χ2n) is 8.39. The predicted octanol–water partition coefficient (Wildman–Crippen LogP) is 2.45. The molecule has 1 fully saturated rings. The molecule has 7 nitrogen and oxygen atoms in total. The molecule has 0 aromatic heterocycles. The summed E-state index contributed by atoms with van der Waals surface area (Å²) in [7, 11) is 3.25. The van der Waals surface area contributed by atoms with Gasteiger partial charge in [-0.3, -0.25) is 4.79 Å². The molecule has 0 bridgehead atoms. The molecule has 29 heavy (non-hydrogen) atoms. The summed E-state index contributed by atoms with van der Waals surface area (Å²) in [6, 6.07) is 5.68. The predicted molar refractivity (Wildman–Crippen MR) is 113 cm³/mol. The van der Waals surface area contributed by atoms with E-state index in [1.54, 1.807) is 26.0 Å². The third-order valence-corrected chi connectivity index (χ3v) is 6.98. The molecule has 164 valence electrons. The molecule has 3 atom stereocenters. The average molecular weight is 428 g/mol. The van der Waals surface area contributed by atoms with E-state index in [4.69, 9.17) is 13.7 Å². The summed E-state index contributed by atoms with van der Waals surface area (Å²) in [5.41, 5.74) is 0.0860. The largest absolute Gasteiger partial charge is 0.493 e. The van der Waals surface area contributed by atoms with Gasteiger partial charge in [0.05, 0.1) is 36.6 Å². The van der Waals surface area contributed by atoms with Crippen LogP contribution in [0.1, 0.15) is 39.2 Å². The molecule has 0 saturated carbocycles. The van der Waals surface area contributed by atoms with Crippen LogP contribution in [0.4, 0.5) is 0 Å². The quantitative estimate of drug-likeness (QED) is 0.585. The van der Waals surface area contributed by atoms with E-state index < -0.39 is 18.1 Å². The van der Waals surface area contributed by atoms with Gasteiger partial charge in [-0.05, 0) is 38.5 Å². The molecule has 8 heteroatoms. The molecular formula is C21H33NO6S. The zero-order valence-electron chi connectivity index (χ0n) is 18.1. The topological polar surface area (TPSA) is 88.5 Å². The van der Waals surface area contributed by atoms with Crippen molar-refractivity contribution in [3.63, 3.8) is 0 Å². The minimum Gasteiger partial charge on any atom is -0.493 e. The van der Waals surface area contributed by atoms with Crippen molar-refractivity contribution in [3.8, 4) is 11.5 Å². The second-order valence-corrected chi connectivity index (χ2v) is 9.08. The van der Waals surface area contributed by atoms with Crippen LogP contribution in [-0.2, 0) is 9.53 Å². The Bertz CT molecular complexity index is 710. The number of nitrogens with zero attached hydrogens (tertiary/aromatic N) is 1. The van der Waals surface area contributed by atoms with E-state index in [9.17, 15) is 15.0 Å². The Kier molecular flexibility index (Phi) is 7.84. The zero-order valence-corrected chi connectivity index (χ0v) is 18.9. The summed E-state index contributed by atoms with van der Waals surface area (Å²) in [5.74, 6) is 1.39. The number of rotatable bonds is 9. The van der Waals surface area contributed by atoms with Crippen molar-refractivity contribution in [1.29, 1.82) is 0 Å². The fourth-order valence-electron chi connectivity index (χ4n) is 3.48. The number of hydrogen-bond donors (Lipinski definition) is 2.